The summed E-state index contributed by atoms with van der Waals surface area (Å²) in [4.78, 5) is 4.53. The van der Waals surface area contributed by atoms with Crippen molar-refractivity contribution in [3.8, 4) is 29.3 Å². The molecule has 4 rings (SSSR count). The van der Waals surface area contributed by atoms with Crippen LogP contribution in [0, 0.1) is 18.2 Å². The van der Waals surface area contributed by atoms with Crippen molar-refractivity contribution in [2.24, 2.45) is 0 Å². The van der Waals surface area contributed by atoms with Crippen LogP contribution in [0.15, 0.2) is 42.6 Å². The van der Waals surface area contributed by atoms with E-state index >= 15 is 0 Å². The first kappa shape index (κ1) is 25.2. The molecule has 2 aromatic carbocycles. The van der Waals surface area contributed by atoms with Crippen LogP contribution in [0.3, 0.4) is 0 Å². The summed E-state index contributed by atoms with van der Waals surface area (Å²) in [6.45, 7) is 5.97. The third kappa shape index (κ3) is 5.84. The summed E-state index contributed by atoms with van der Waals surface area (Å²) < 4.78 is 40.6. The van der Waals surface area contributed by atoms with Crippen molar-refractivity contribution in [1.82, 2.24) is 19.9 Å². The molecule has 0 bridgehead atoms. The Morgan fingerprint density at radius 1 is 1.17 bits per heavy atom. The fourth-order valence-electron chi connectivity index (χ4n) is 4.18. The Hall–Kier alpha value is -2.93. The molecule has 0 saturated carbocycles. The van der Waals surface area contributed by atoms with Crippen LogP contribution in [0.25, 0.3) is 16.9 Å². The van der Waals surface area contributed by atoms with Crippen LogP contribution in [0.5, 0.6) is 0 Å². The van der Waals surface area contributed by atoms with Crippen molar-refractivity contribution >= 4 is 27.1 Å². The van der Waals surface area contributed by atoms with Crippen molar-refractivity contribution in [2.45, 2.75) is 19.1 Å². The molecule has 10 heteroatoms. The van der Waals surface area contributed by atoms with Gasteiger partial charge in [-0.25, -0.2) is 17.5 Å². The summed E-state index contributed by atoms with van der Waals surface area (Å²) in [5.41, 5.74) is 2.76. The molecular weight excluding hydrogens is 489 g/mol. The van der Waals surface area contributed by atoms with E-state index in [4.69, 9.17) is 18.0 Å². The van der Waals surface area contributed by atoms with Gasteiger partial charge < -0.3 is 4.90 Å². The fourth-order valence-corrected chi connectivity index (χ4v) is 6.05. The third-order valence-electron chi connectivity index (χ3n) is 5.95. The first-order chi connectivity index (χ1) is 16.8. The number of sulfone groups is 1. The molecule has 0 unspecified atom stereocenters. The maximum Gasteiger partial charge on any atom is 0.154 e. The van der Waals surface area contributed by atoms with Gasteiger partial charge in [-0.05, 0) is 30.2 Å². The lowest BCUT2D eigenvalue weighted by molar-refractivity contribution is 0.288. The zero-order valence-electron chi connectivity index (χ0n) is 19.5. The first-order valence-corrected chi connectivity index (χ1v) is 13.6. The molecule has 35 heavy (non-hydrogen) atoms. The minimum absolute atomic E-state index is 0.0136. The van der Waals surface area contributed by atoms with Crippen LogP contribution in [0.2, 0.25) is 5.02 Å². The van der Waals surface area contributed by atoms with Gasteiger partial charge in [0.05, 0.1) is 29.3 Å². The number of rotatable bonds is 8. The minimum atomic E-state index is -3.35. The number of hydrogen-bond donors (Lipinski definition) is 0. The van der Waals surface area contributed by atoms with Crippen molar-refractivity contribution in [3.63, 3.8) is 0 Å². The maximum atomic E-state index is 14.8. The molecule has 184 valence electrons. The highest BCUT2D eigenvalue weighted by molar-refractivity contribution is 7.90. The highest BCUT2D eigenvalue weighted by Crippen LogP contribution is 2.30. The molecule has 1 fully saturated rings. The molecule has 0 aliphatic carbocycles. The molecule has 3 aromatic rings. The standard InChI is InChI=1S/C25H27ClFN5O2S/c1-3-10-30-11-13-31(14-12-30)21-7-5-6-19(16-21)23-17-32(29-28-23)25-22(27)9-8-20(24(25)26)18-35(33,34)15-4-2/h1,5-9,16-17H,4,10-15,18H2,2H3. The minimum Gasteiger partial charge on any atom is -0.369 e. The predicted molar refractivity (Wildman–Crippen MR) is 137 cm³/mol. The SMILES string of the molecule is C#CCN1CCN(c2cccc(-c3cn(-c4c(F)ccc(CS(=O)(=O)CCC)c4Cl)nn3)c2)CC1. The van der Waals surface area contributed by atoms with Crippen molar-refractivity contribution < 1.29 is 12.8 Å². The summed E-state index contributed by atoms with van der Waals surface area (Å²) in [6, 6.07) is 10.5. The fraction of sp³-hybridized carbons (Fsp3) is 0.360. The Kier molecular flexibility index (Phi) is 7.75. The molecule has 0 atom stereocenters. The topological polar surface area (TPSA) is 71.3 Å². The van der Waals surface area contributed by atoms with E-state index in [1.807, 2.05) is 24.3 Å². The smallest absolute Gasteiger partial charge is 0.154 e. The predicted octanol–water partition coefficient (Wildman–Crippen LogP) is 3.81. The van der Waals surface area contributed by atoms with Crippen LogP contribution in [0.1, 0.15) is 18.9 Å². The van der Waals surface area contributed by atoms with Gasteiger partial charge in [0, 0.05) is 37.4 Å². The van der Waals surface area contributed by atoms with E-state index in [0.29, 0.717) is 24.2 Å². The number of anilines is 1. The lowest BCUT2D eigenvalue weighted by Gasteiger charge is -2.35. The van der Waals surface area contributed by atoms with E-state index in [2.05, 4.69) is 26.0 Å². The molecule has 1 aliphatic rings. The molecule has 0 radical (unpaired) electrons. The number of benzene rings is 2. The van der Waals surface area contributed by atoms with Gasteiger partial charge in [0.25, 0.3) is 0 Å². The van der Waals surface area contributed by atoms with Crippen LogP contribution in [-0.4, -0.2) is 66.8 Å². The second-order valence-electron chi connectivity index (χ2n) is 8.53. The number of halogens is 2. The van der Waals surface area contributed by atoms with Crippen molar-refractivity contribution in [2.75, 3.05) is 43.4 Å². The maximum absolute atomic E-state index is 14.8. The zero-order chi connectivity index (χ0) is 25.0. The van der Waals surface area contributed by atoms with E-state index < -0.39 is 15.7 Å². The van der Waals surface area contributed by atoms with Gasteiger partial charge >= 0.3 is 0 Å². The summed E-state index contributed by atoms with van der Waals surface area (Å²) in [6.07, 6.45) is 7.52. The monoisotopic (exact) mass is 515 g/mol. The van der Waals surface area contributed by atoms with E-state index in [-0.39, 0.29) is 22.2 Å². The number of nitrogens with zero attached hydrogens (tertiary/aromatic N) is 5. The average molecular weight is 516 g/mol. The van der Waals surface area contributed by atoms with Crippen LogP contribution >= 0.6 is 11.6 Å². The molecule has 0 spiro atoms. The van der Waals surface area contributed by atoms with E-state index in [0.717, 1.165) is 37.4 Å². The van der Waals surface area contributed by atoms with E-state index in [9.17, 15) is 12.8 Å². The largest absolute Gasteiger partial charge is 0.369 e. The number of aromatic nitrogens is 3. The summed E-state index contributed by atoms with van der Waals surface area (Å²) >= 11 is 6.46. The Balaban J connectivity index is 1.58. The summed E-state index contributed by atoms with van der Waals surface area (Å²) in [5, 5.41) is 8.32. The highest BCUT2D eigenvalue weighted by atomic mass is 35.5. The highest BCUT2D eigenvalue weighted by Gasteiger charge is 2.21. The van der Waals surface area contributed by atoms with E-state index in [1.165, 1.54) is 16.8 Å². The zero-order valence-corrected chi connectivity index (χ0v) is 21.1. The normalized spacial score (nSPS) is 14.7. The molecule has 0 amide bonds. The number of terminal acetylenes is 1. The molecular formula is C25H27ClFN5O2S. The van der Waals surface area contributed by atoms with E-state index in [1.54, 1.807) is 13.1 Å². The van der Waals surface area contributed by atoms with Crippen LogP contribution in [-0.2, 0) is 15.6 Å². The van der Waals surface area contributed by atoms with Gasteiger partial charge in [-0.15, -0.1) is 11.5 Å². The van der Waals surface area contributed by atoms with Gasteiger partial charge in [0.2, 0.25) is 0 Å². The number of hydrogen-bond acceptors (Lipinski definition) is 6. The summed E-state index contributed by atoms with van der Waals surface area (Å²) in [5.74, 6) is 1.86. The number of piperazine rings is 1. The second-order valence-corrected chi connectivity index (χ2v) is 11.1. The molecule has 2 heterocycles. The third-order valence-corrected chi connectivity index (χ3v) is 8.16. The van der Waals surface area contributed by atoms with Crippen molar-refractivity contribution in [1.29, 1.82) is 0 Å². The van der Waals surface area contributed by atoms with Crippen LogP contribution < -0.4 is 4.90 Å². The lowest BCUT2D eigenvalue weighted by Crippen LogP contribution is -2.46. The Labute approximate surface area is 210 Å². The lowest BCUT2D eigenvalue weighted by atomic mass is 10.1. The van der Waals surface area contributed by atoms with Crippen molar-refractivity contribution in [3.05, 3.63) is 59.0 Å². The van der Waals surface area contributed by atoms with Gasteiger partial charge in [0.1, 0.15) is 17.2 Å². The van der Waals surface area contributed by atoms with Gasteiger partial charge in [0.15, 0.2) is 9.84 Å². The quantitative estimate of drug-likeness (QED) is 0.425. The Morgan fingerprint density at radius 2 is 1.94 bits per heavy atom. The van der Waals surface area contributed by atoms with Gasteiger partial charge in [-0.2, -0.15) is 0 Å². The summed E-state index contributed by atoms with van der Waals surface area (Å²) in [7, 11) is -3.35. The molecule has 1 saturated heterocycles. The molecule has 1 aromatic heterocycles. The van der Waals surface area contributed by atoms with Crippen LogP contribution in [0.4, 0.5) is 10.1 Å². The van der Waals surface area contributed by atoms with Gasteiger partial charge in [-0.3, -0.25) is 4.90 Å². The Bertz CT molecular complexity index is 1340. The second kappa shape index (κ2) is 10.8. The van der Waals surface area contributed by atoms with Gasteiger partial charge in [-0.1, -0.05) is 47.9 Å². The molecule has 0 N–H and O–H groups in total. The average Bonchev–Trinajstić information content (AvgIpc) is 3.32. The first-order valence-electron chi connectivity index (χ1n) is 11.4. The Morgan fingerprint density at radius 3 is 2.66 bits per heavy atom. The molecule has 7 nitrogen and oxygen atoms in total. The molecule has 1 aliphatic heterocycles.